The quantitative estimate of drug-likeness (QED) is 0.117. The summed E-state index contributed by atoms with van der Waals surface area (Å²) in [6.07, 6.45) is 11.3. The number of carbonyl (C=O) groups excluding carboxylic acids is 1. The average Bonchev–Trinajstić information content (AvgIpc) is 3.07. The molecule has 1 aromatic heterocycles. The SMILES string of the molecule is C=C(C#N)CNc1c(OCC)ccc2ccc(-c3nccc(C=O)n3)cc12.CC.CNC1CCC(C)CC1.CS.CS. The summed E-state index contributed by atoms with van der Waals surface area (Å²) < 4.78 is 5.74. The predicted molar refractivity (Wildman–Crippen MR) is 186 cm³/mol. The number of nitriles is 1. The van der Waals surface area contributed by atoms with E-state index >= 15 is 0 Å². The van der Waals surface area contributed by atoms with Gasteiger partial charge in [0.2, 0.25) is 0 Å². The van der Waals surface area contributed by atoms with Crippen molar-refractivity contribution in [3.63, 3.8) is 0 Å². The lowest BCUT2D eigenvalue weighted by Gasteiger charge is -2.25. The van der Waals surface area contributed by atoms with E-state index in [1.807, 2.05) is 57.2 Å². The van der Waals surface area contributed by atoms with Gasteiger partial charge in [0.25, 0.3) is 0 Å². The maximum absolute atomic E-state index is 11.0. The number of thiol groups is 2. The van der Waals surface area contributed by atoms with Gasteiger partial charge in [-0.3, -0.25) is 4.79 Å². The van der Waals surface area contributed by atoms with Crippen molar-refractivity contribution >= 4 is 48.0 Å². The Labute approximate surface area is 264 Å². The van der Waals surface area contributed by atoms with E-state index in [0.717, 1.165) is 34.0 Å². The van der Waals surface area contributed by atoms with Crippen molar-refractivity contribution in [1.29, 1.82) is 5.26 Å². The summed E-state index contributed by atoms with van der Waals surface area (Å²) in [7, 11) is 2.07. The molecule has 0 amide bonds. The van der Waals surface area contributed by atoms with Gasteiger partial charge in [0.05, 0.1) is 18.4 Å². The molecular formula is C33H49N5O2S2. The van der Waals surface area contributed by atoms with Gasteiger partial charge in [0.15, 0.2) is 12.1 Å². The number of benzene rings is 2. The number of ether oxygens (including phenoxy) is 1. The third kappa shape index (κ3) is 12.8. The Hall–Kier alpha value is -3.06. The van der Waals surface area contributed by atoms with Crippen molar-refractivity contribution < 1.29 is 9.53 Å². The predicted octanol–water partition coefficient (Wildman–Crippen LogP) is 7.90. The van der Waals surface area contributed by atoms with Crippen molar-refractivity contribution in [3.05, 3.63) is 60.4 Å². The Morgan fingerprint density at radius 3 is 2.33 bits per heavy atom. The van der Waals surface area contributed by atoms with Gasteiger partial charge in [-0.15, -0.1) is 0 Å². The first-order chi connectivity index (χ1) is 20.5. The molecule has 0 aliphatic heterocycles. The number of rotatable bonds is 8. The molecule has 1 aliphatic rings. The minimum absolute atomic E-state index is 0.317. The molecule has 230 valence electrons. The average molecular weight is 612 g/mol. The molecule has 4 rings (SSSR count). The highest BCUT2D eigenvalue weighted by Crippen LogP contribution is 2.35. The van der Waals surface area contributed by atoms with Crippen LogP contribution in [0.25, 0.3) is 22.2 Å². The number of fused-ring (bicyclic) bond motifs is 1. The number of anilines is 1. The molecule has 0 saturated heterocycles. The van der Waals surface area contributed by atoms with E-state index in [4.69, 9.17) is 10.00 Å². The Morgan fingerprint density at radius 1 is 1.12 bits per heavy atom. The molecule has 2 N–H and O–H groups in total. The van der Waals surface area contributed by atoms with Crippen LogP contribution in [0.3, 0.4) is 0 Å². The van der Waals surface area contributed by atoms with E-state index in [1.54, 1.807) is 24.8 Å². The van der Waals surface area contributed by atoms with Gasteiger partial charge in [0.1, 0.15) is 11.4 Å². The first-order valence-corrected chi connectivity index (χ1v) is 16.1. The minimum atomic E-state index is 0.317. The van der Waals surface area contributed by atoms with E-state index in [-0.39, 0.29) is 0 Å². The van der Waals surface area contributed by atoms with Gasteiger partial charge in [-0.05, 0) is 81.7 Å². The summed E-state index contributed by atoms with van der Waals surface area (Å²) in [4.78, 5) is 19.5. The van der Waals surface area contributed by atoms with Crippen LogP contribution in [0.15, 0.2) is 54.7 Å². The van der Waals surface area contributed by atoms with Gasteiger partial charge in [-0.2, -0.15) is 30.5 Å². The first-order valence-electron chi connectivity index (χ1n) is 14.4. The topological polar surface area (TPSA) is 99.9 Å². The van der Waals surface area contributed by atoms with Crippen LogP contribution in [-0.4, -0.2) is 55.0 Å². The fourth-order valence-electron chi connectivity index (χ4n) is 4.26. The molecule has 1 saturated carbocycles. The normalized spacial score (nSPS) is 14.9. The van der Waals surface area contributed by atoms with Crippen molar-refractivity contribution in [2.75, 3.05) is 38.0 Å². The summed E-state index contributed by atoms with van der Waals surface area (Å²) in [6, 6.07) is 14.1. The second-order valence-corrected chi connectivity index (χ2v) is 9.04. The maximum Gasteiger partial charge on any atom is 0.168 e. The fourth-order valence-corrected chi connectivity index (χ4v) is 4.26. The lowest BCUT2D eigenvalue weighted by Crippen LogP contribution is -2.29. The summed E-state index contributed by atoms with van der Waals surface area (Å²) in [5.41, 5.74) is 2.31. The zero-order chi connectivity index (χ0) is 31.9. The van der Waals surface area contributed by atoms with Crippen LogP contribution in [0.2, 0.25) is 0 Å². The smallest absolute Gasteiger partial charge is 0.168 e. The second kappa shape index (κ2) is 23.5. The van der Waals surface area contributed by atoms with Crippen LogP contribution in [0, 0.1) is 17.2 Å². The van der Waals surface area contributed by atoms with Gasteiger partial charge in [-0.25, -0.2) is 9.97 Å². The number of aldehydes is 1. The molecule has 7 nitrogen and oxygen atoms in total. The fraction of sp³-hybridized carbons (Fsp3) is 0.455. The van der Waals surface area contributed by atoms with Crippen LogP contribution in [0.4, 0.5) is 5.69 Å². The molecule has 9 heteroatoms. The van der Waals surface area contributed by atoms with Gasteiger partial charge >= 0.3 is 0 Å². The van der Waals surface area contributed by atoms with E-state index < -0.39 is 0 Å². The number of nitrogens with one attached hydrogen (secondary N) is 2. The maximum atomic E-state index is 11.0. The number of nitrogens with zero attached hydrogens (tertiary/aromatic N) is 3. The van der Waals surface area contributed by atoms with Crippen LogP contribution in [0.1, 0.15) is 63.9 Å². The highest BCUT2D eigenvalue weighted by Gasteiger charge is 2.15. The summed E-state index contributed by atoms with van der Waals surface area (Å²) in [5, 5.41) is 17.5. The Bertz CT molecular complexity index is 1240. The molecule has 1 heterocycles. The summed E-state index contributed by atoms with van der Waals surface area (Å²) in [5.74, 6) is 2.14. The Balaban J connectivity index is 0.000000935. The number of hydrogen-bond acceptors (Lipinski definition) is 9. The van der Waals surface area contributed by atoms with Crippen LogP contribution >= 0.6 is 25.3 Å². The van der Waals surface area contributed by atoms with Crippen molar-refractivity contribution in [2.45, 2.75) is 59.4 Å². The van der Waals surface area contributed by atoms with E-state index in [1.165, 1.54) is 25.7 Å². The molecule has 1 fully saturated rings. The molecule has 42 heavy (non-hydrogen) atoms. The molecule has 3 aromatic rings. The van der Waals surface area contributed by atoms with Crippen molar-refractivity contribution in [1.82, 2.24) is 15.3 Å². The molecule has 2 aromatic carbocycles. The zero-order valence-electron chi connectivity index (χ0n) is 26.3. The van der Waals surface area contributed by atoms with Crippen molar-refractivity contribution in [2.24, 2.45) is 5.92 Å². The summed E-state index contributed by atoms with van der Waals surface area (Å²) >= 11 is 7.06. The molecule has 1 aliphatic carbocycles. The van der Waals surface area contributed by atoms with Crippen molar-refractivity contribution in [3.8, 4) is 23.2 Å². The minimum Gasteiger partial charge on any atom is -0.492 e. The molecule has 0 spiro atoms. The largest absolute Gasteiger partial charge is 0.492 e. The van der Waals surface area contributed by atoms with Gasteiger partial charge in [0, 0.05) is 35.3 Å². The number of hydrogen-bond donors (Lipinski definition) is 4. The summed E-state index contributed by atoms with van der Waals surface area (Å²) in [6.45, 7) is 12.8. The molecule has 0 bridgehead atoms. The standard InChI is InChI=1S/C21H18N4O2.C8H17N.C2H6.2CH4S/c1-3-27-19-7-6-15-4-5-16(21-23-9-8-17(13-26)25-21)10-18(15)20(19)24-12-14(2)11-22;1-7-3-5-8(9-2)6-4-7;3*1-2/h4-10,13,24H,2-3,12H2,1H3;7-9H,3-6H2,1-2H3;1-2H3;2*2H,1H3. The second-order valence-electron chi connectivity index (χ2n) is 9.04. The van der Waals surface area contributed by atoms with E-state index in [2.05, 4.69) is 66.4 Å². The monoisotopic (exact) mass is 611 g/mol. The van der Waals surface area contributed by atoms with E-state index in [0.29, 0.717) is 42.3 Å². The highest BCUT2D eigenvalue weighted by atomic mass is 32.1. The Kier molecular flexibility index (Phi) is 21.8. The van der Waals surface area contributed by atoms with Gasteiger partial charge in [-0.1, -0.05) is 45.5 Å². The van der Waals surface area contributed by atoms with Gasteiger partial charge < -0.3 is 15.4 Å². The third-order valence-corrected chi connectivity index (χ3v) is 6.40. The third-order valence-electron chi connectivity index (χ3n) is 6.40. The van der Waals surface area contributed by atoms with Crippen LogP contribution in [-0.2, 0) is 0 Å². The lowest BCUT2D eigenvalue weighted by atomic mass is 9.87. The Morgan fingerprint density at radius 2 is 1.76 bits per heavy atom. The first kappa shape index (κ1) is 38.9. The van der Waals surface area contributed by atoms with E-state index in [9.17, 15) is 4.79 Å². The number of aromatic nitrogens is 2. The van der Waals surface area contributed by atoms with Crippen LogP contribution < -0.4 is 15.4 Å². The van der Waals surface area contributed by atoms with Crippen LogP contribution in [0.5, 0.6) is 5.75 Å². The zero-order valence-corrected chi connectivity index (χ0v) is 28.1. The highest BCUT2D eigenvalue weighted by molar-refractivity contribution is 7.79. The number of carbonyl (C=O) groups is 1. The lowest BCUT2D eigenvalue weighted by molar-refractivity contribution is 0.111. The molecule has 0 radical (unpaired) electrons. The molecular weight excluding hydrogens is 563 g/mol. The molecule has 0 atom stereocenters. The molecule has 0 unspecified atom stereocenters.